The van der Waals surface area contributed by atoms with Crippen LogP contribution >= 0.6 is 0 Å². The summed E-state index contributed by atoms with van der Waals surface area (Å²) in [7, 11) is 1.52. The van der Waals surface area contributed by atoms with Crippen LogP contribution in [0.2, 0.25) is 0 Å². The third-order valence-electron chi connectivity index (χ3n) is 0.858. The number of carbonyl (C=O) groups is 1. The molecule has 0 aliphatic rings. The maximum absolute atomic E-state index is 10.4. The Bertz CT molecular complexity index is 145. The smallest absolute Gasteiger partial charge is 0.159 e. The van der Waals surface area contributed by atoms with Gasteiger partial charge < -0.3 is 4.74 Å². The number of ether oxygens (including phenoxy) is 1. The van der Waals surface area contributed by atoms with E-state index in [1.54, 1.807) is 0 Å². The van der Waals surface area contributed by atoms with Gasteiger partial charge >= 0.3 is 0 Å². The number of methoxy groups -OCH3 is 1. The molecule has 0 fully saturated rings. The summed E-state index contributed by atoms with van der Waals surface area (Å²) in [4.78, 5) is 10.4. The van der Waals surface area contributed by atoms with Gasteiger partial charge in [-0.05, 0) is 13.0 Å². The van der Waals surface area contributed by atoms with Gasteiger partial charge in [-0.25, -0.2) is 0 Å². The maximum atomic E-state index is 10.4. The molecule has 0 spiro atoms. The summed E-state index contributed by atoms with van der Waals surface area (Å²) < 4.78 is 4.57. The van der Waals surface area contributed by atoms with Gasteiger partial charge in [0.2, 0.25) is 0 Å². The highest BCUT2D eigenvalue weighted by atomic mass is 16.5. The molecule has 0 aliphatic heterocycles. The average molecular weight is 126 g/mol. The van der Waals surface area contributed by atoms with Crippen LogP contribution in [-0.4, -0.2) is 12.9 Å². The van der Waals surface area contributed by atoms with E-state index in [2.05, 4.69) is 11.3 Å². The van der Waals surface area contributed by atoms with Crippen molar-refractivity contribution in [2.24, 2.45) is 0 Å². The van der Waals surface area contributed by atoms with Crippen molar-refractivity contribution in [1.29, 1.82) is 0 Å². The quantitative estimate of drug-likeness (QED) is 0.323. The Hall–Kier alpha value is -1.05. The third-order valence-corrected chi connectivity index (χ3v) is 0.858. The zero-order valence-electron chi connectivity index (χ0n) is 5.68. The zero-order chi connectivity index (χ0) is 7.28. The Balaban J connectivity index is 3.77. The van der Waals surface area contributed by atoms with Gasteiger partial charge in [-0.3, -0.25) is 4.79 Å². The Labute approximate surface area is 54.8 Å². The molecule has 9 heavy (non-hydrogen) atoms. The first-order valence-electron chi connectivity index (χ1n) is 2.57. The second-order valence-corrected chi connectivity index (χ2v) is 1.62. The monoisotopic (exact) mass is 126 g/mol. The maximum Gasteiger partial charge on any atom is 0.159 e. The van der Waals surface area contributed by atoms with Crippen molar-refractivity contribution in [3.63, 3.8) is 0 Å². The van der Waals surface area contributed by atoms with E-state index >= 15 is 0 Å². The van der Waals surface area contributed by atoms with Crippen molar-refractivity contribution in [1.82, 2.24) is 0 Å². The van der Waals surface area contributed by atoms with Crippen molar-refractivity contribution in [3.05, 3.63) is 24.5 Å². The first-order valence-corrected chi connectivity index (χ1v) is 2.57. The van der Waals surface area contributed by atoms with Crippen LogP contribution in [0.15, 0.2) is 24.5 Å². The van der Waals surface area contributed by atoms with Crippen molar-refractivity contribution in [3.8, 4) is 0 Å². The summed E-state index contributed by atoms with van der Waals surface area (Å²) in [5.74, 6) is -0.0386. The fraction of sp³-hybridized carbons (Fsp3) is 0.286. The van der Waals surface area contributed by atoms with Gasteiger partial charge in [0.05, 0.1) is 13.4 Å². The Morgan fingerprint density at radius 3 is 2.56 bits per heavy atom. The lowest BCUT2D eigenvalue weighted by atomic mass is 10.2. The molecular weight excluding hydrogens is 116 g/mol. The fourth-order valence-electron chi connectivity index (χ4n) is 0.268. The first kappa shape index (κ1) is 7.95. The van der Waals surface area contributed by atoms with Crippen molar-refractivity contribution < 1.29 is 9.53 Å². The standard InChI is InChI=1S/C7H10O2/c1-6(7(2)8)4-5-9-3/h4-5H,1H2,2-3H3/b5-4+. The minimum Gasteiger partial charge on any atom is -0.504 e. The van der Waals surface area contributed by atoms with E-state index < -0.39 is 0 Å². The van der Waals surface area contributed by atoms with Crippen molar-refractivity contribution in [2.45, 2.75) is 6.92 Å². The normalized spacial score (nSPS) is 9.56. The summed E-state index contributed by atoms with van der Waals surface area (Å²) in [6, 6.07) is 0. The van der Waals surface area contributed by atoms with Crippen LogP contribution < -0.4 is 0 Å². The topological polar surface area (TPSA) is 26.3 Å². The van der Waals surface area contributed by atoms with Gasteiger partial charge in [0.25, 0.3) is 0 Å². The van der Waals surface area contributed by atoms with E-state index in [4.69, 9.17) is 0 Å². The molecule has 0 saturated heterocycles. The van der Waals surface area contributed by atoms with E-state index in [9.17, 15) is 4.79 Å². The molecule has 2 nitrogen and oxygen atoms in total. The molecule has 0 unspecified atom stereocenters. The van der Waals surface area contributed by atoms with E-state index in [0.29, 0.717) is 5.57 Å². The fourth-order valence-corrected chi connectivity index (χ4v) is 0.268. The summed E-state index contributed by atoms with van der Waals surface area (Å²) >= 11 is 0. The van der Waals surface area contributed by atoms with Gasteiger partial charge in [0, 0.05) is 5.57 Å². The highest BCUT2D eigenvalue weighted by Gasteiger charge is 1.91. The molecule has 0 aromatic heterocycles. The molecule has 0 aromatic rings. The Kier molecular flexibility index (Phi) is 3.44. The van der Waals surface area contributed by atoms with Gasteiger partial charge in [-0.1, -0.05) is 6.58 Å². The molecule has 0 N–H and O–H groups in total. The SMILES string of the molecule is C=C(/C=C/OC)C(C)=O. The van der Waals surface area contributed by atoms with Gasteiger partial charge in [0.1, 0.15) is 0 Å². The number of carbonyl (C=O) groups excluding carboxylic acids is 1. The van der Waals surface area contributed by atoms with Crippen LogP contribution in [0, 0.1) is 0 Å². The number of rotatable bonds is 3. The van der Waals surface area contributed by atoms with Gasteiger partial charge in [-0.2, -0.15) is 0 Å². The van der Waals surface area contributed by atoms with Crippen LogP contribution in [0.5, 0.6) is 0 Å². The van der Waals surface area contributed by atoms with E-state index in [0.717, 1.165) is 0 Å². The lowest BCUT2D eigenvalue weighted by Crippen LogP contribution is -1.89. The molecule has 0 rings (SSSR count). The molecule has 2 heteroatoms. The molecule has 0 saturated carbocycles. The minimum atomic E-state index is -0.0386. The third kappa shape index (κ3) is 3.53. The predicted octanol–water partition coefficient (Wildman–Crippen LogP) is 1.29. The number of ketones is 1. The van der Waals surface area contributed by atoms with E-state index in [1.807, 2.05) is 0 Å². The summed E-state index contributed by atoms with van der Waals surface area (Å²) in [6.07, 6.45) is 2.95. The van der Waals surface area contributed by atoms with Crippen molar-refractivity contribution >= 4 is 5.78 Å². The largest absolute Gasteiger partial charge is 0.504 e. The van der Waals surface area contributed by atoms with Gasteiger partial charge in [0.15, 0.2) is 5.78 Å². The molecule has 0 bridgehead atoms. The highest BCUT2D eigenvalue weighted by molar-refractivity contribution is 5.95. The molecule has 0 amide bonds. The summed E-state index contributed by atoms with van der Waals surface area (Å²) in [5.41, 5.74) is 0.455. The van der Waals surface area contributed by atoms with Crippen LogP contribution in [0.25, 0.3) is 0 Å². The Morgan fingerprint density at radius 2 is 2.22 bits per heavy atom. The average Bonchev–Trinajstić information content (AvgIpc) is 1.82. The molecule has 0 aromatic carbocycles. The first-order chi connectivity index (χ1) is 4.18. The summed E-state index contributed by atoms with van der Waals surface area (Å²) in [5, 5.41) is 0. The van der Waals surface area contributed by atoms with Crippen LogP contribution in [-0.2, 0) is 9.53 Å². The lowest BCUT2D eigenvalue weighted by Gasteiger charge is -1.89. The lowest BCUT2D eigenvalue weighted by molar-refractivity contribution is -0.113. The number of hydrogen-bond donors (Lipinski definition) is 0. The second-order valence-electron chi connectivity index (χ2n) is 1.62. The van der Waals surface area contributed by atoms with Crippen LogP contribution in [0.3, 0.4) is 0 Å². The van der Waals surface area contributed by atoms with Crippen LogP contribution in [0.1, 0.15) is 6.92 Å². The number of Topliss-reactive ketones (excluding diaryl/α,β-unsaturated/α-hetero) is 1. The minimum absolute atomic E-state index is 0.0386. The molecule has 0 atom stereocenters. The predicted molar refractivity (Wildman–Crippen MR) is 36.0 cm³/mol. The number of allylic oxidation sites excluding steroid dienone is 2. The molecular formula is C7H10O2. The molecule has 0 heterocycles. The second kappa shape index (κ2) is 3.89. The van der Waals surface area contributed by atoms with Gasteiger partial charge in [-0.15, -0.1) is 0 Å². The zero-order valence-corrected chi connectivity index (χ0v) is 5.68. The molecule has 0 aliphatic carbocycles. The van der Waals surface area contributed by atoms with Crippen molar-refractivity contribution in [2.75, 3.05) is 7.11 Å². The molecule has 0 radical (unpaired) electrons. The molecule has 50 valence electrons. The van der Waals surface area contributed by atoms with Crippen LogP contribution in [0.4, 0.5) is 0 Å². The highest BCUT2D eigenvalue weighted by Crippen LogP contribution is 1.92. The Morgan fingerprint density at radius 1 is 1.67 bits per heavy atom. The van der Waals surface area contributed by atoms with E-state index in [1.165, 1.54) is 26.4 Å². The number of hydrogen-bond acceptors (Lipinski definition) is 2. The summed E-state index contributed by atoms with van der Waals surface area (Å²) in [6.45, 7) is 4.94. The van der Waals surface area contributed by atoms with E-state index in [-0.39, 0.29) is 5.78 Å².